The molecule has 0 spiro atoms. The minimum absolute atomic E-state index is 0.690. The van der Waals surface area contributed by atoms with E-state index in [2.05, 4.69) is 5.32 Å². The van der Waals surface area contributed by atoms with Crippen LogP contribution >= 0.6 is 0 Å². The number of carbonyl (C=O) groups is 2. The highest BCUT2D eigenvalue weighted by Gasteiger charge is 2.43. The van der Waals surface area contributed by atoms with Crippen LogP contribution in [0.1, 0.15) is 27.7 Å². The molecule has 0 aliphatic carbocycles. The van der Waals surface area contributed by atoms with Gasteiger partial charge in [0.2, 0.25) is 5.54 Å². The highest BCUT2D eigenvalue weighted by Crippen LogP contribution is 2.14. The lowest BCUT2D eigenvalue weighted by Gasteiger charge is -2.27. The fourth-order valence-corrected chi connectivity index (χ4v) is 0.676. The Labute approximate surface area is 83.4 Å². The standard InChI is InChI=1S/C9H17NO4/c1-8(2,3)14-7(13)9(4,10-5)6(11)12/h10H,1-5H3,(H,11,12). The number of esters is 1. The Morgan fingerprint density at radius 3 is 1.86 bits per heavy atom. The highest BCUT2D eigenvalue weighted by atomic mass is 16.6. The number of nitrogens with one attached hydrogen (secondary N) is 1. The van der Waals surface area contributed by atoms with E-state index < -0.39 is 23.1 Å². The molecule has 0 rings (SSSR count). The van der Waals surface area contributed by atoms with Gasteiger partial charge < -0.3 is 9.84 Å². The van der Waals surface area contributed by atoms with Crippen molar-refractivity contribution in [1.29, 1.82) is 0 Å². The molecular formula is C9H17NO4. The molecule has 1 atom stereocenters. The van der Waals surface area contributed by atoms with Crippen molar-refractivity contribution < 1.29 is 19.4 Å². The third-order valence-electron chi connectivity index (χ3n) is 1.73. The second-order valence-corrected chi connectivity index (χ2v) is 4.18. The lowest BCUT2D eigenvalue weighted by atomic mass is 10.0. The van der Waals surface area contributed by atoms with Gasteiger partial charge in [0.15, 0.2) is 0 Å². The van der Waals surface area contributed by atoms with Crippen LogP contribution in [0.15, 0.2) is 0 Å². The number of aliphatic carboxylic acids is 1. The monoisotopic (exact) mass is 203 g/mol. The van der Waals surface area contributed by atoms with Gasteiger partial charge in [-0.15, -0.1) is 0 Å². The van der Waals surface area contributed by atoms with Gasteiger partial charge in [0.05, 0.1) is 0 Å². The summed E-state index contributed by atoms with van der Waals surface area (Å²) in [7, 11) is 1.40. The smallest absolute Gasteiger partial charge is 0.338 e. The second-order valence-electron chi connectivity index (χ2n) is 4.18. The SMILES string of the molecule is CNC(C)(C(=O)O)C(=O)OC(C)(C)C. The first-order valence-corrected chi connectivity index (χ1v) is 4.29. The van der Waals surface area contributed by atoms with Crippen LogP contribution in [0.4, 0.5) is 0 Å². The van der Waals surface area contributed by atoms with E-state index in [1.165, 1.54) is 14.0 Å². The van der Waals surface area contributed by atoms with E-state index in [1.807, 2.05) is 0 Å². The summed E-state index contributed by atoms with van der Waals surface area (Å²) < 4.78 is 4.97. The van der Waals surface area contributed by atoms with Crippen molar-refractivity contribution in [2.24, 2.45) is 0 Å². The average molecular weight is 203 g/mol. The van der Waals surface area contributed by atoms with Crippen molar-refractivity contribution in [2.75, 3.05) is 7.05 Å². The summed E-state index contributed by atoms with van der Waals surface area (Å²) in [4.78, 5) is 22.3. The maximum atomic E-state index is 11.5. The summed E-state index contributed by atoms with van der Waals surface area (Å²) in [5.74, 6) is -2.05. The quantitative estimate of drug-likeness (QED) is 0.512. The summed E-state index contributed by atoms with van der Waals surface area (Å²) in [5, 5.41) is 11.3. The fourth-order valence-electron chi connectivity index (χ4n) is 0.676. The Kier molecular flexibility index (Phi) is 3.65. The number of carbonyl (C=O) groups excluding carboxylic acids is 1. The molecule has 0 amide bonds. The maximum Gasteiger partial charge on any atom is 0.338 e. The van der Waals surface area contributed by atoms with Gasteiger partial charge in [0.1, 0.15) is 5.60 Å². The van der Waals surface area contributed by atoms with Crippen molar-refractivity contribution in [3.05, 3.63) is 0 Å². The fraction of sp³-hybridized carbons (Fsp3) is 0.778. The Morgan fingerprint density at radius 1 is 1.21 bits per heavy atom. The molecule has 1 unspecified atom stereocenters. The van der Waals surface area contributed by atoms with Crippen LogP contribution in [-0.2, 0) is 14.3 Å². The molecule has 5 heteroatoms. The number of hydrogen-bond acceptors (Lipinski definition) is 4. The van der Waals surface area contributed by atoms with Crippen LogP contribution < -0.4 is 5.32 Å². The highest BCUT2D eigenvalue weighted by molar-refractivity contribution is 6.03. The van der Waals surface area contributed by atoms with Gasteiger partial charge >= 0.3 is 11.9 Å². The number of carboxylic acid groups (broad SMARTS) is 1. The molecule has 14 heavy (non-hydrogen) atoms. The Morgan fingerprint density at radius 2 is 1.64 bits per heavy atom. The van der Waals surface area contributed by atoms with E-state index in [0.717, 1.165) is 0 Å². The predicted octanol–water partition coefficient (Wildman–Crippen LogP) is 0.391. The molecule has 0 aliphatic rings. The molecule has 0 radical (unpaired) electrons. The normalized spacial score (nSPS) is 15.8. The third kappa shape index (κ3) is 2.99. The predicted molar refractivity (Wildman–Crippen MR) is 50.9 cm³/mol. The maximum absolute atomic E-state index is 11.5. The topological polar surface area (TPSA) is 75.6 Å². The third-order valence-corrected chi connectivity index (χ3v) is 1.73. The number of rotatable bonds is 3. The van der Waals surface area contributed by atoms with Gasteiger partial charge in [-0.25, -0.2) is 9.59 Å². The molecule has 0 aromatic heterocycles. The molecule has 0 fully saturated rings. The van der Waals surface area contributed by atoms with E-state index in [9.17, 15) is 9.59 Å². The van der Waals surface area contributed by atoms with Crippen LogP contribution in [0, 0.1) is 0 Å². The number of likely N-dealkylation sites (N-methyl/N-ethyl adjacent to an activating group) is 1. The zero-order valence-corrected chi connectivity index (χ0v) is 9.17. The lowest BCUT2D eigenvalue weighted by molar-refractivity contribution is -0.169. The molecule has 5 nitrogen and oxygen atoms in total. The minimum atomic E-state index is -1.69. The van der Waals surface area contributed by atoms with Crippen molar-refractivity contribution in [2.45, 2.75) is 38.8 Å². The molecule has 0 saturated carbocycles. The van der Waals surface area contributed by atoms with Gasteiger partial charge in [-0.2, -0.15) is 0 Å². The van der Waals surface area contributed by atoms with Crippen LogP contribution in [0.5, 0.6) is 0 Å². The van der Waals surface area contributed by atoms with Gasteiger partial charge in [-0.1, -0.05) is 0 Å². The molecule has 0 aromatic carbocycles. The summed E-state index contributed by atoms with van der Waals surface area (Å²) in [6, 6.07) is 0. The molecule has 0 bridgehead atoms. The molecular weight excluding hydrogens is 186 g/mol. The molecule has 2 N–H and O–H groups in total. The van der Waals surface area contributed by atoms with Crippen molar-refractivity contribution >= 4 is 11.9 Å². The Bertz CT molecular complexity index is 244. The van der Waals surface area contributed by atoms with E-state index in [-0.39, 0.29) is 0 Å². The zero-order valence-electron chi connectivity index (χ0n) is 9.17. The van der Waals surface area contributed by atoms with E-state index in [0.29, 0.717) is 0 Å². The van der Waals surface area contributed by atoms with E-state index >= 15 is 0 Å². The first kappa shape index (κ1) is 12.9. The molecule has 0 aromatic rings. The molecule has 0 heterocycles. The summed E-state index contributed by atoms with van der Waals surface area (Å²) in [6.45, 7) is 6.32. The number of ether oxygens (including phenoxy) is 1. The van der Waals surface area contributed by atoms with E-state index in [1.54, 1.807) is 20.8 Å². The van der Waals surface area contributed by atoms with E-state index in [4.69, 9.17) is 9.84 Å². The molecule has 0 aliphatic heterocycles. The number of carboxylic acids is 1. The van der Waals surface area contributed by atoms with Crippen molar-refractivity contribution in [3.8, 4) is 0 Å². The van der Waals surface area contributed by atoms with Crippen LogP contribution in [0.25, 0.3) is 0 Å². The minimum Gasteiger partial charge on any atom is -0.479 e. The van der Waals surface area contributed by atoms with Crippen LogP contribution in [0.2, 0.25) is 0 Å². The van der Waals surface area contributed by atoms with Gasteiger partial charge in [-0.05, 0) is 34.7 Å². The Balaban J connectivity index is 4.73. The van der Waals surface area contributed by atoms with Crippen LogP contribution in [0.3, 0.4) is 0 Å². The van der Waals surface area contributed by atoms with Gasteiger partial charge in [0.25, 0.3) is 0 Å². The lowest BCUT2D eigenvalue weighted by Crippen LogP contribution is -2.56. The largest absolute Gasteiger partial charge is 0.479 e. The second kappa shape index (κ2) is 3.96. The molecule has 0 saturated heterocycles. The van der Waals surface area contributed by atoms with Gasteiger partial charge in [0, 0.05) is 0 Å². The van der Waals surface area contributed by atoms with Crippen molar-refractivity contribution in [3.63, 3.8) is 0 Å². The number of hydrogen-bond donors (Lipinski definition) is 2. The first-order valence-electron chi connectivity index (χ1n) is 4.29. The summed E-state index contributed by atoms with van der Waals surface area (Å²) in [6.07, 6.45) is 0. The van der Waals surface area contributed by atoms with Crippen molar-refractivity contribution in [1.82, 2.24) is 5.32 Å². The van der Waals surface area contributed by atoms with Crippen LogP contribution in [-0.4, -0.2) is 35.2 Å². The van der Waals surface area contributed by atoms with Gasteiger partial charge in [-0.3, -0.25) is 5.32 Å². The first-order chi connectivity index (χ1) is 6.13. The molecule has 82 valence electrons. The summed E-state index contributed by atoms with van der Waals surface area (Å²) >= 11 is 0. The Hall–Kier alpha value is -1.10. The summed E-state index contributed by atoms with van der Waals surface area (Å²) in [5.41, 5.74) is -2.38. The zero-order chi connectivity index (χ0) is 11.6. The average Bonchev–Trinajstić information content (AvgIpc) is 1.99.